The van der Waals surface area contributed by atoms with Gasteiger partial charge in [-0.2, -0.15) is 0 Å². The van der Waals surface area contributed by atoms with Crippen molar-refractivity contribution in [2.45, 2.75) is 38.3 Å². The first-order chi connectivity index (χ1) is 12.1. The Bertz CT molecular complexity index is 760. The molecule has 2 atom stereocenters. The van der Waals surface area contributed by atoms with E-state index in [0.29, 0.717) is 11.7 Å². The van der Waals surface area contributed by atoms with Crippen molar-refractivity contribution in [3.05, 3.63) is 46.5 Å². The highest BCUT2D eigenvalue weighted by molar-refractivity contribution is 7.16. The molecule has 3 N–H and O–H groups in total. The lowest BCUT2D eigenvalue weighted by Gasteiger charge is -2.11. The van der Waals surface area contributed by atoms with Crippen molar-refractivity contribution >= 4 is 28.3 Å². The number of aryl methyl sites for hydroxylation is 1. The van der Waals surface area contributed by atoms with Crippen LogP contribution >= 0.6 is 11.3 Å². The maximum Gasteiger partial charge on any atom is 0.242 e. The van der Waals surface area contributed by atoms with Crippen LogP contribution in [0.3, 0.4) is 0 Å². The van der Waals surface area contributed by atoms with E-state index < -0.39 is 0 Å². The fourth-order valence-electron chi connectivity index (χ4n) is 2.79. The molecular weight excluding hydrogens is 336 g/mol. The lowest BCUT2D eigenvalue weighted by atomic mass is 10.1. The topological polar surface area (TPSA) is 83.1 Å². The molecule has 1 aromatic heterocycles. The van der Waals surface area contributed by atoms with Crippen LogP contribution < -0.4 is 16.0 Å². The van der Waals surface area contributed by atoms with Gasteiger partial charge in [0, 0.05) is 11.4 Å². The molecule has 7 heteroatoms. The number of hydrogen-bond donors (Lipinski definition) is 3. The summed E-state index contributed by atoms with van der Waals surface area (Å²) in [5.74, 6) is -0.364. The number of anilines is 1. The van der Waals surface area contributed by atoms with E-state index in [-0.39, 0.29) is 23.8 Å². The minimum absolute atomic E-state index is 0.00521. The molecule has 0 radical (unpaired) electrons. The number of thiazole rings is 1. The first kappa shape index (κ1) is 17.6. The van der Waals surface area contributed by atoms with E-state index in [4.69, 9.17) is 0 Å². The van der Waals surface area contributed by atoms with E-state index in [2.05, 4.69) is 20.9 Å². The van der Waals surface area contributed by atoms with Gasteiger partial charge in [-0.25, -0.2) is 4.98 Å². The van der Waals surface area contributed by atoms with Gasteiger partial charge in [0.15, 0.2) is 5.13 Å². The molecule has 0 spiro atoms. The number of hydrogen-bond acceptors (Lipinski definition) is 5. The quantitative estimate of drug-likeness (QED) is 0.738. The minimum Gasteiger partial charge on any atom is -0.351 e. The van der Waals surface area contributed by atoms with Crippen LogP contribution in [-0.4, -0.2) is 29.9 Å². The zero-order valence-electron chi connectivity index (χ0n) is 14.3. The van der Waals surface area contributed by atoms with Crippen molar-refractivity contribution in [2.75, 3.05) is 12.4 Å². The van der Waals surface area contributed by atoms with Crippen molar-refractivity contribution < 1.29 is 9.59 Å². The van der Waals surface area contributed by atoms with Gasteiger partial charge in [0.05, 0.1) is 17.7 Å². The molecule has 1 aliphatic carbocycles. The zero-order valence-corrected chi connectivity index (χ0v) is 15.2. The van der Waals surface area contributed by atoms with Gasteiger partial charge < -0.3 is 16.0 Å². The standard InChI is InChI=1S/C18H22N4O2S/c1-11(19-2)16(23)22-18-21-15-13(8-9-14(15)25-18)17(24)20-10-12-6-4-3-5-7-12/h3-7,11,13,19H,8-10H2,1-2H3,(H,20,24)(H,21,22,23)/t11-,13?/m0/s1. The summed E-state index contributed by atoms with van der Waals surface area (Å²) in [5, 5.41) is 9.26. The third-order valence-electron chi connectivity index (χ3n) is 4.40. The van der Waals surface area contributed by atoms with Gasteiger partial charge in [0.25, 0.3) is 0 Å². The molecule has 0 saturated heterocycles. The molecule has 0 bridgehead atoms. The summed E-state index contributed by atoms with van der Waals surface area (Å²) in [6.45, 7) is 2.30. The Hall–Kier alpha value is -2.25. The summed E-state index contributed by atoms with van der Waals surface area (Å²) < 4.78 is 0. The van der Waals surface area contributed by atoms with Crippen LogP contribution in [0.25, 0.3) is 0 Å². The van der Waals surface area contributed by atoms with Gasteiger partial charge in [-0.3, -0.25) is 9.59 Å². The summed E-state index contributed by atoms with van der Waals surface area (Å²) >= 11 is 1.46. The number of aromatic nitrogens is 1. The number of fused-ring (bicyclic) bond motifs is 1. The Kier molecular flexibility index (Phi) is 5.45. The molecule has 1 unspecified atom stereocenters. The Morgan fingerprint density at radius 2 is 2.08 bits per heavy atom. The minimum atomic E-state index is -0.288. The summed E-state index contributed by atoms with van der Waals surface area (Å²) in [7, 11) is 1.74. The molecule has 1 aliphatic rings. The Balaban J connectivity index is 1.63. The predicted molar refractivity (Wildman–Crippen MR) is 98.6 cm³/mol. The third-order valence-corrected chi connectivity index (χ3v) is 5.45. The van der Waals surface area contributed by atoms with E-state index in [0.717, 1.165) is 29.0 Å². The third kappa shape index (κ3) is 4.05. The summed E-state index contributed by atoms with van der Waals surface area (Å²) in [6, 6.07) is 9.55. The molecule has 1 heterocycles. The molecule has 25 heavy (non-hydrogen) atoms. The molecule has 132 valence electrons. The SMILES string of the molecule is CN[C@@H](C)C(=O)Nc1nc2c(s1)CCC2C(=O)NCc1ccccc1. The van der Waals surface area contributed by atoms with Crippen molar-refractivity contribution in [3.63, 3.8) is 0 Å². The first-order valence-corrected chi connectivity index (χ1v) is 9.19. The smallest absolute Gasteiger partial charge is 0.242 e. The molecule has 0 saturated carbocycles. The second-order valence-corrected chi connectivity index (χ2v) is 7.21. The van der Waals surface area contributed by atoms with Crippen molar-refractivity contribution in [3.8, 4) is 0 Å². The number of nitrogens with zero attached hydrogens (tertiary/aromatic N) is 1. The molecule has 0 fully saturated rings. The molecule has 2 amide bonds. The summed E-state index contributed by atoms with van der Waals surface area (Å²) in [5.41, 5.74) is 1.88. The van der Waals surface area contributed by atoms with E-state index in [1.165, 1.54) is 11.3 Å². The Morgan fingerprint density at radius 1 is 1.32 bits per heavy atom. The second kappa shape index (κ2) is 7.76. The van der Waals surface area contributed by atoms with Crippen LogP contribution in [-0.2, 0) is 22.6 Å². The Labute approximate surface area is 151 Å². The average Bonchev–Trinajstić information content (AvgIpc) is 3.19. The fourth-order valence-corrected chi connectivity index (χ4v) is 3.83. The zero-order chi connectivity index (χ0) is 17.8. The molecule has 2 aromatic rings. The van der Waals surface area contributed by atoms with Crippen molar-refractivity contribution in [2.24, 2.45) is 0 Å². The van der Waals surface area contributed by atoms with Crippen LogP contribution in [0.1, 0.15) is 35.4 Å². The normalized spacial score (nSPS) is 17.0. The van der Waals surface area contributed by atoms with Crippen LogP contribution in [0.15, 0.2) is 30.3 Å². The van der Waals surface area contributed by atoms with E-state index in [1.807, 2.05) is 30.3 Å². The lowest BCUT2D eigenvalue weighted by Crippen LogP contribution is -2.35. The van der Waals surface area contributed by atoms with E-state index >= 15 is 0 Å². The molecule has 0 aliphatic heterocycles. The maximum absolute atomic E-state index is 12.5. The molecule has 3 rings (SSSR count). The lowest BCUT2D eigenvalue weighted by molar-refractivity contribution is -0.122. The number of likely N-dealkylation sites (N-methyl/N-ethyl adjacent to an activating group) is 1. The van der Waals surface area contributed by atoms with Crippen LogP contribution in [0.2, 0.25) is 0 Å². The van der Waals surface area contributed by atoms with Crippen molar-refractivity contribution in [1.82, 2.24) is 15.6 Å². The first-order valence-electron chi connectivity index (χ1n) is 8.38. The van der Waals surface area contributed by atoms with Gasteiger partial charge in [-0.1, -0.05) is 30.3 Å². The monoisotopic (exact) mass is 358 g/mol. The summed E-state index contributed by atoms with van der Waals surface area (Å²) in [4.78, 5) is 30.1. The molecule has 1 aromatic carbocycles. The van der Waals surface area contributed by atoms with Gasteiger partial charge in [-0.05, 0) is 32.4 Å². The number of benzene rings is 1. The predicted octanol–water partition coefficient (Wildman–Crippen LogP) is 2.04. The number of rotatable bonds is 6. The fraction of sp³-hybridized carbons (Fsp3) is 0.389. The number of carbonyl (C=O) groups excluding carboxylic acids is 2. The highest BCUT2D eigenvalue weighted by Crippen LogP contribution is 2.38. The number of nitrogens with one attached hydrogen (secondary N) is 3. The summed E-state index contributed by atoms with van der Waals surface area (Å²) in [6.07, 6.45) is 1.60. The maximum atomic E-state index is 12.5. The number of amides is 2. The van der Waals surface area contributed by atoms with Gasteiger partial charge in [0.1, 0.15) is 0 Å². The molecular formula is C18H22N4O2S. The van der Waals surface area contributed by atoms with Crippen LogP contribution in [0, 0.1) is 0 Å². The second-order valence-electron chi connectivity index (χ2n) is 6.12. The highest BCUT2D eigenvalue weighted by atomic mass is 32.1. The average molecular weight is 358 g/mol. The highest BCUT2D eigenvalue weighted by Gasteiger charge is 2.32. The van der Waals surface area contributed by atoms with Crippen LogP contribution in [0.5, 0.6) is 0 Å². The van der Waals surface area contributed by atoms with Crippen molar-refractivity contribution in [1.29, 1.82) is 0 Å². The van der Waals surface area contributed by atoms with Gasteiger partial charge >= 0.3 is 0 Å². The Morgan fingerprint density at radius 3 is 2.80 bits per heavy atom. The van der Waals surface area contributed by atoms with Crippen LogP contribution in [0.4, 0.5) is 5.13 Å². The van der Waals surface area contributed by atoms with E-state index in [9.17, 15) is 9.59 Å². The largest absolute Gasteiger partial charge is 0.351 e. The van der Waals surface area contributed by atoms with E-state index in [1.54, 1.807) is 14.0 Å². The number of carbonyl (C=O) groups is 2. The van der Waals surface area contributed by atoms with Gasteiger partial charge in [0.2, 0.25) is 11.8 Å². The molecule has 6 nitrogen and oxygen atoms in total. The van der Waals surface area contributed by atoms with Gasteiger partial charge in [-0.15, -0.1) is 11.3 Å².